The van der Waals surface area contributed by atoms with Gasteiger partial charge in [0.05, 0.1) is 32.6 Å². The van der Waals surface area contributed by atoms with E-state index in [1.165, 1.54) is 12.1 Å². The van der Waals surface area contributed by atoms with Crippen LogP contribution in [-0.4, -0.2) is 41.1 Å². The first-order chi connectivity index (χ1) is 14.0. The average molecular weight is 442 g/mol. The lowest BCUT2D eigenvalue weighted by Gasteiger charge is -2.15. The summed E-state index contributed by atoms with van der Waals surface area (Å²) < 4.78 is 26.3. The van der Waals surface area contributed by atoms with Crippen molar-refractivity contribution in [3.63, 3.8) is 0 Å². The Hall–Kier alpha value is -2.30. The molecule has 0 aliphatic rings. The number of unbranched alkanes of at least 4 members (excludes halogenated alkanes) is 1. The number of H-pyrrole nitrogens is 1. The van der Waals surface area contributed by atoms with E-state index >= 15 is 0 Å². The summed E-state index contributed by atoms with van der Waals surface area (Å²) in [7, 11) is 0. The van der Waals surface area contributed by atoms with Crippen molar-refractivity contribution >= 4 is 44.7 Å². The molecule has 3 aromatic rings. The summed E-state index contributed by atoms with van der Waals surface area (Å²) in [5, 5.41) is 16.9. The number of hydrogen-bond donors (Lipinski definition) is 4. The number of aromatic amines is 1. The normalized spacial score (nSPS) is 12.4. The van der Waals surface area contributed by atoms with Gasteiger partial charge in [0.15, 0.2) is 0 Å². The third kappa shape index (κ3) is 5.62. The van der Waals surface area contributed by atoms with Crippen molar-refractivity contribution < 1.29 is 23.5 Å². The highest BCUT2D eigenvalue weighted by Gasteiger charge is 2.17. The van der Waals surface area contributed by atoms with Crippen molar-refractivity contribution in [1.29, 1.82) is 0 Å². The van der Waals surface area contributed by atoms with Crippen LogP contribution in [0.25, 0.3) is 10.2 Å². The maximum Gasteiger partial charge on any atom is 0.272 e. The lowest BCUT2D eigenvalue weighted by Crippen LogP contribution is -2.37. The van der Waals surface area contributed by atoms with Gasteiger partial charge in [0.25, 0.3) is 18.2 Å². The first-order valence-corrected chi connectivity index (χ1v) is 10.8. The lowest BCUT2D eigenvalue weighted by atomic mass is 10.1. The standard InChI is InChI=1S/C19H21F2N3O3S2/c20-17(21)14-4-5-15(29-14)19(27)23-11(10-25)3-1-2-7-22-18(26)13-9-16-12(24-13)6-8-28-16/h4-6,8-9,11,17,24-25H,1-3,7,10H2,(H,22,26)(H,23,27)/t11-/m0/s1. The predicted molar refractivity (Wildman–Crippen MR) is 110 cm³/mol. The SMILES string of the molecule is O=C(NCCCC[C@@H](CO)NC(=O)c1ccc(C(F)F)s1)c1cc2sccc2[nH]1. The lowest BCUT2D eigenvalue weighted by molar-refractivity contribution is 0.0916. The Kier molecular flexibility index (Phi) is 7.34. The summed E-state index contributed by atoms with van der Waals surface area (Å²) >= 11 is 2.31. The first-order valence-electron chi connectivity index (χ1n) is 9.12. The molecule has 1 atom stereocenters. The molecule has 0 saturated carbocycles. The summed E-state index contributed by atoms with van der Waals surface area (Å²) in [5.74, 6) is -0.645. The zero-order valence-electron chi connectivity index (χ0n) is 15.4. The van der Waals surface area contributed by atoms with Crippen LogP contribution in [0.15, 0.2) is 29.6 Å². The number of alkyl halides is 2. The molecule has 4 N–H and O–H groups in total. The minimum atomic E-state index is -2.60. The molecule has 0 radical (unpaired) electrons. The van der Waals surface area contributed by atoms with Gasteiger partial charge >= 0.3 is 0 Å². The molecule has 0 unspecified atom stereocenters. The number of carbonyl (C=O) groups excluding carboxylic acids is 2. The maximum atomic E-state index is 12.6. The third-order valence-electron chi connectivity index (χ3n) is 4.37. The number of aliphatic hydroxyl groups is 1. The number of aromatic nitrogens is 1. The van der Waals surface area contributed by atoms with Crippen molar-refractivity contribution in [2.45, 2.75) is 31.7 Å². The molecular weight excluding hydrogens is 420 g/mol. The zero-order chi connectivity index (χ0) is 20.8. The molecule has 3 heterocycles. The van der Waals surface area contributed by atoms with Gasteiger partial charge in [-0.15, -0.1) is 22.7 Å². The molecule has 0 saturated heterocycles. The number of halogens is 2. The van der Waals surface area contributed by atoms with Crippen LogP contribution >= 0.6 is 22.7 Å². The van der Waals surface area contributed by atoms with E-state index in [4.69, 9.17) is 0 Å². The Balaban J connectivity index is 1.37. The number of nitrogens with one attached hydrogen (secondary N) is 3. The molecule has 2 amide bonds. The molecule has 156 valence electrons. The summed E-state index contributed by atoms with van der Waals surface area (Å²) in [6, 6.07) is 5.86. The Morgan fingerprint density at radius 3 is 2.69 bits per heavy atom. The molecule has 10 heteroatoms. The number of thiophene rings is 2. The Bertz CT molecular complexity index is 938. The Morgan fingerprint density at radius 1 is 1.17 bits per heavy atom. The number of amides is 2. The summed E-state index contributed by atoms with van der Waals surface area (Å²) in [6.45, 7) is 0.227. The highest BCUT2D eigenvalue weighted by atomic mass is 32.1. The van der Waals surface area contributed by atoms with Gasteiger partial charge in [-0.3, -0.25) is 9.59 Å². The fourth-order valence-corrected chi connectivity index (χ4v) is 4.39. The minimum absolute atomic E-state index is 0.159. The largest absolute Gasteiger partial charge is 0.394 e. The van der Waals surface area contributed by atoms with Crippen LogP contribution < -0.4 is 10.6 Å². The highest BCUT2D eigenvalue weighted by Crippen LogP contribution is 2.27. The fourth-order valence-electron chi connectivity index (χ4n) is 2.84. The van der Waals surface area contributed by atoms with Gasteiger partial charge in [-0.1, -0.05) is 0 Å². The Labute approximate surface area is 173 Å². The molecule has 3 rings (SSSR count). The van der Waals surface area contributed by atoms with Crippen LogP contribution in [0.3, 0.4) is 0 Å². The van der Waals surface area contributed by atoms with E-state index in [0.717, 1.165) is 21.6 Å². The van der Waals surface area contributed by atoms with Crippen molar-refractivity contribution in [3.05, 3.63) is 45.1 Å². The van der Waals surface area contributed by atoms with Gasteiger partial charge in [-0.25, -0.2) is 8.78 Å². The van der Waals surface area contributed by atoms with Crippen LogP contribution in [0.2, 0.25) is 0 Å². The molecule has 6 nitrogen and oxygen atoms in total. The molecule has 0 aliphatic heterocycles. The van der Waals surface area contributed by atoms with Crippen LogP contribution in [0.4, 0.5) is 8.78 Å². The van der Waals surface area contributed by atoms with Gasteiger partial charge in [0.1, 0.15) is 5.69 Å². The van der Waals surface area contributed by atoms with Gasteiger partial charge in [0, 0.05) is 6.54 Å². The van der Waals surface area contributed by atoms with E-state index in [-0.39, 0.29) is 22.3 Å². The third-order valence-corrected chi connectivity index (χ3v) is 6.33. The van der Waals surface area contributed by atoms with Gasteiger partial charge in [0.2, 0.25) is 0 Å². The van der Waals surface area contributed by atoms with E-state index in [9.17, 15) is 23.5 Å². The van der Waals surface area contributed by atoms with Crippen molar-refractivity contribution in [3.8, 4) is 0 Å². The van der Waals surface area contributed by atoms with Crippen LogP contribution in [0.5, 0.6) is 0 Å². The molecule has 0 fully saturated rings. The first kappa shape index (κ1) is 21.4. The molecular formula is C19H21F2N3O3S2. The number of carbonyl (C=O) groups is 2. The number of rotatable bonds is 10. The average Bonchev–Trinajstić information content (AvgIpc) is 3.41. The molecule has 0 spiro atoms. The van der Waals surface area contributed by atoms with E-state index in [1.807, 2.05) is 17.5 Å². The number of hydrogen-bond acceptors (Lipinski definition) is 5. The molecule has 0 bridgehead atoms. The van der Waals surface area contributed by atoms with Gasteiger partial charge in [-0.05, 0) is 48.9 Å². The topological polar surface area (TPSA) is 94.2 Å². The van der Waals surface area contributed by atoms with E-state index in [2.05, 4.69) is 15.6 Å². The van der Waals surface area contributed by atoms with E-state index in [0.29, 0.717) is 31.5 Å². The fraction of sp³-hybridized carbons (Fsp3) is 0.368. The molecule has 3 aromatic heterocycles. The number of fused-ring (bicyclic) bond motifs is 1. The van der Waals surface area contributed by atoms with Crippen LogP contribution in [0.1, 0.15) is 50.7 Å². The monoisotopic (exact) mass is 441 g/mol. The second kappa shape index (κ2) is 9.95. The van der Waals surface area contributed by atoms with Gasteiger partial charge in [-0.2, -0.15) is 0 Å². The summed E-state index contributed by atoms with van der Waals surface area (Å²) in [4.78, 5) is 27.3. The zero-order valence-corrected chi connectivity index (χ0v) is 17.0. The van der Waals surface area contributed by atoms with Crippen LogP contribution in [-0.2, 0) is 0 Å². The smallest absolute Gasteiger partial charge is 0.272 e. The second-order valence-corrected chi connectivity index (χ2v) is 8.55. The van der Waals surface area contributed by atoms with E-state index in [1.54, 1.807) is 11.3 Å². The van der Waals surface area contributed by atoms with E-state index < -0.39 is 18.4 Å². The minimum Gasteiger partial charge on any atom is -0.394 e. The summed E-state index contributed by atoms with van der Waals surface area (Å²) in [5.41, 5.74) is 1.46. The number of aliphatic hydroxyl groups excluding tert-OH is 1. The Morgan fingerprint density at radius 2 is 2.00 bits per heavy atom. The highest BCUT2D eigenvalue weighted by molar-refractivity contribution is 7.17. The molecule has 29 heavy (non-hydrogen) atoms. The van der Waals surface area contributed by atoms with Crippen LogP contribution in [0, 0.1) is 0 Å². The summed E-state index contributed by atoms with van der Waals surface area (Å²) in [6.07, 6.45) is -0.726. The molecule has 0 aromatic carbocycles. The van der Waals surface area contributed by atoms with Crippen molar-refractivity contribution in [1.82, 2.24) is 15.6 Å². The molecule has 0 aliphatic carbocycles. The van der Waals surface area contributed by atoms with Crippen molar-refractivity contribution in [2.24, 2.45) is 0 Å². The van der Waals surface area contributed by atoms with Crippen molar-refractivity contribution in [2.75, 3.05) is 13.2 Å². The van der Waals surface area contributed by atoms with Gasteiger partial charge < -0.3 is 20.7 Å². The second-order valence-electron chi connectivity index (χ2n) is 6.49. The maximum absolute atomic E-state index is 12.6. The quantitative estimate of drug-likeness (QED) is 0.359. The predicted octanol–water partition coefficient (Wildman–Crippen LogP) is 3.92.